The lowest BCUT2D eigenvalue weighted by atomic mass is 10.0. The summed E-state index contributed by atoms with van der Waals surface area (Å²) in [5.41, 5.74) is 8.52. The first-order valence-corrected chi connectivity index (χ1v) is 10.4. The molecule has 1 aromatic carbocycles. The van der Waals surface area contributed by atoms with Crippen LogP contribution >= 0.6 is 0 Å². The SMILES string of the molecule is CC(C)=Cc1cc2cc(Nc3cc4n(n3)CC(=O)N(C(C)C)CC4)ncc2c(N)c1F. The van der Waals surface area contributed by atoms with Gasteiger partial charge in [-0.2, -0.15) is 5.10 Å². The van der Waals surface area contributed by atoms with Crippen molar-refractivity contribution in [1.29, 1.82) is 0 Å². The molecule has 0 saturated carbocycles. The van der Waals surface area contributed by atoms with Crippen molar-refractivity contribution < 1.29 is 9.18 Å². The number of nitrogen functional groups attached to an aromatic ring is 1. The minimum absolute atomic E-state index is 0.0662. The lowest BCUT2D eigenvalue weighted by Gasteiger charge is -2.24. The standard InChI is InChI=1S/C23H27FN6O/c1-13(2)7-16-8-15-9-19(26-11-18(15)23(25)22(16)24)27-20-10-17-5-6-29(14(3)4)21(31)12-30(17)28-20/h7-11,14H,5-6,12,25H2,1-4H3,(H,26,27,28). The van der Waals surface area contributed by atoms with Crippen LogP contribution in [0.15, 0.2) is 30.0 Å². The minimum Gasteiger partial charge on any atom is -0.396 e. The molecule has 0 unspecified atom stereocenters. The number of nitrogens with zero attached hydrogens (tertiary/aromatic N) is 4. The van der Waals surface area contributed by atoms with Crippen molar-refractivity contribution in [2.45, 2.75) is 46.7 Å². The zero-order chi connectivity index (χ0) is 22.3. The molecule has 7 nitrogen and oxygen atoms in total. The molecule has 1 aliphatic rings. The third-order valence-electron chi connectivity index (χ3n) is 5.43. The summed E-state index contributed by atoms with van der Waals surface area (Å²) in [7, 11) is 0. The maximum Gasteiger partial charge on any atom is 0.244 e. The van der Waals surface area contributed by atoms with Crippen molar-refractivity contribution in [1.82, 2.24) is 19.7 Å². The van der Waals surface area contributed by atoms with Crippen LogP contribution in [0.3, 0.4) is 0 Å². The fourth-order valence-electron chi connectivity index (χ4n) is 3.92. The number of benzene rings is 1. The van der Waals surface area contributed by atoms with Crippen molar-refractivity contribution in [3.05, 3.63) is 47.0 Å². The second-order valence-electron chi connectivity index (χ2n) is 8.44. The Hall–Kier alpha value is -3.42. The smallest absolute Gasteiger partial charge is 0.244 e. The van der Waals surface area contributed by atoms with Gasteiger partial charge in [-0.3, -0.25) is 9.48 Å². The summed E-state index contributed by atoms with van der Waals surface area (Å²) in [5.74, 6) is 0.822. The van der Waals surface area contributed by atoms with Gasteiger partial charge in [0, 0.05) is 47.9 Å². The summed E-state index contributed by atoms with van der Waals surface area (Å²) in [4.78, 5) is 18.7. The number of rotatable bonds is 4. The van der Waals surface area contributed by atoms with Gasteiger partial charge in [-0.25, -0.2) is 9.37 Å². The number of halogens is 1. The number of carbonyl (C=O) groups excluding carboxylic acids is 1. The highest BCUT2D eigenvalue weighted by Crippen LogP contribution is 2.30. The largest absolute Gasteiger partial charge is 0.396 e. The van der Waals surface area contributed by atoms with Crippen molar-refractivity contribution in [3.8, 4) is 0 Å². The molecule has 3 aromatic rings. The van der Waals surface area contributed by atoms with E-state index in [4.69, 9.17) is 5.73 Å². The molecule has 0 aliphatic carbocycles. The molecule has 4 rings (SSSR count). The maximum atomic E-state index is 14.6. The zero-order valence-electron chi connectivity index (χ0n) is 18.2. The number of pyridine rings is 1. The predicted molar refractivity (Wildman–Crippen MR) is 122 cm³/mol. The van der Waals surface area contributed by atoms with Crippen LogP contribution in [0.4, 0.5) is 21.7 Å². The zero-order valence-corrected chi connectivity index (χ0v) is 18.2. The highest BCUT2D eigenvalue weighted by atomic mass is 19.1. The number of nitrogens with one attached hydrogen (secondary N) is 1. The molecule has 0 saturated heterocycles. The highest BCUT2D eigenvalue weighted by molar-refractivity contribution is 5.96. The van der Waals surface area contributed by atoms with E-state index in [-0.39, 0.29) is 24.2 Å². The summed E-state index contributed by atoms with van der Waals surface area (Å²) in [5, 5.41) is 9.09. The van der Waals surface area contributed by atoms with Crippen LogP contribution in [0.1, 0.15) is 39.0 Å². The van der Waals surface area contributed by atoms with Crippen LogP contribution in [0, 0.1) is 5.82 Å². The second-order valence-corrected chi connectivity index (χ2v) is 8.44. The molecule has 2 aromatic heterocycles. The number of allylic oxidation sites excluding steroid dienone is 1. The number of hydrogen-bond acceptors (Lipinski definition) is 5. The molecule has 3 heterocycles. The molecular weight excluding hydrogens is 395 g/mol. The molecule has 0 bridgehead atoms. The van der Waals surface area contributed by atoms with E-state index < -0.39 is 5.82 Å². The number of hydrogen-bond donors (Lipinski definition) is 2. The monoisotopic (exact) mass is 422 g/mol. The number of carbonyl (C=O) groups is 1. The topological polar surface area (TPSA) is 89.1 Å². The van der Waals surface area contributed by atoms with E-state index >= 15 is 0 Å². The number of anilines is 3. The van der Waals surface area contributed by atoms with Crippen LogP contribution in [-0.2, 0) is 17.8 Å². The number of nitrogens with two attached hydrogens (primary N) is 1. The van der Waals surface area contributed by atoms with Gasteiger partial charge in [-0.15, -0.1) is 0 Å². The highest BCUT2D eigenvalue weighted by Gasteiger charge is 2.23. The Labute approximate surface area is 180 Å². The van der Waals surface area contributed by atoms with Gasteiger partial charge in [-0.1, -0.05) is 11.6 Å². The lowest BCUT2D eigenvalue weighted by Crippen LogP contribution is -2.38. The van der Waals surface area contributed by atoms with Crippen molar-refractivity contribution in [3.63, 3.8) is 0 Å². The maximum absolute atomic E-state index is 14.6. The van der Waals surface area contributed by atoms with E-state index in [9.17, 15) is 9.18 Å². The summed E-state index contributed by atoms with van der Waals surface area (Å²) in [6.45, 7) is 8.76. The molecule has 0 radical (unpaired) electrons. The molecule has 1 amide bonds. The quantitative estimate of drug-likeness (QED) is 0.618. The van der Waals surface area contributed by atoms with E-state index in [1.165, 1.54) is 0 Å². The van der Waals surface area contributed by atoms with E-state index in [0.717, 1.165) is 23.1 Å². The van der Waals surface area contributed by atoms with E-state index in [1.807, 2.05) is 44.7 Å². The third-order valence-corrected chi connectivity index (χ3v) is 5.43. The molecule has 0 spiro atoms. The predicted octanol–water partition coefficient (Wildman–Crippen LogP) is 4.11. The van der Waals surface area contributed by atoms with Crippen molar-refractivity contribution in [2.24, 2.45) is 0 Å². The normalized spacial score (nSPS) is 14.0. The molecule has 0 atom stereocenters. The van der Waals surface area contributed by atoms with E-state index in [1.54, 1.807) is 23.0 Å². The summed E-state index contributed by atoms with van der Waals surface area (Å²) in [6.07, 6.45) is 4.07. The minimum atomic E-state index is -0.436. The number of aromatic nitrogens is 3. The molecule has 0 fully saturated rings. The first-order chi connectivity index (χ1) is 14.7. The van der Waals surface area contributed by atoms with Gasteiger partial charge >= 0.3 is 0 Å². The van der Waals surface area contributed by atoms with Crippen LogP contribution in [-0.4, -0.2) is 38.2 Å². The van der Waals surface area contributed by atoms with E-state index in [0.29, 0.717) is 29.1 Å². The van der Waals surface area contributed by atoms with Gasteiger partial charge in [0.25, 0.3) is 0 Å². The summed E-state index contributed by atoms with van der Waals surface area (Å²) in [6, 6.07) is 5.70. The van der Waals surface area contributed by atoms with Crippen molar-refractivity contribution in [2.75, 3.05) is 17.6 Å². The van der Waals surface area contributed by atoms with Gasteiger partial charge < -0.3 is 16.0 Å². The fourth-order valence-corrected chi connectivity index (χ4v) is 3.92. The molecule has 31 heavy (non-hydrogen) atoms. The number of amides is 1. The molecule has 162 valence electrons. The average molecular weight is 423 g/mol. The lowest BCUT2D eigenvalue weighted by molar-refractivity contribution is -0.133. The number of fused-ring (bicyclic) bond motifs is 2. The Kier molecular flexibility index (Phi) is 5.39. The van der Waals surface area contributed by atoms with Gasteiger partial charge in [-0.05, 0) is 45.2 Å². The van der Waals surface area contributed by atoms with Crippen LogP contribution in [0.5, 0.6) is 0 Å². The Morgan fingerprint density at radius 1 is 1.26 bits per heavy atom. The summed E-state index contributed by atoms with van der Waals surface area (Å²) < 4.78 is 16.3. The van der Waals surface area contributed by atoms with Gasteiger partial charge in [0.05, 0.1) is 5.69 Å². The first kappa shape index (κ1) is 20.8. The van der Waals surface area contributed by atoms with Crippen LogP contribution in [0.25, 0.3) is 16.8 Å². The molecular formula is C23H27FN6O. The van der Waals surface area contributed by atoms with Gasteiger partial charge in [0.1, 0.15) is 12.4 Å². The Balaban J connectivity index is 1.62. The Morgan fingerprint density at radius 3 is 2.74 bits per heavy atom. The first-order valence-electron chi connectivity index (χ1n) is 10.4. The van der Waals surface area contributed by atoms with Crippen LogP contribution in [0.2, 0.25) is 0 Å². The molecule has 8 heteroatoms. The molecule has 3 N–H and O–H groups in total. The fraction of sp³-hybridized carbons (Fsp3) is 0.348. The second kappa shape index (κ2) is 8.02. The third kappa shape index (κ3) is 4.10. The van der Waals surface area contributed by atoms with Crippen LogP contribution < -0.4 is 11.1 Å². The Bertz CT molecular complexity index is 1190. The van der Waals surface area contributed by atoms with Crippen molar-refractivity contribution >= 4 is 40.1 Å². The van der Waals surface area contributed by atoms with E-state index in [2.05, 4.69) is 15.4 Å². The summed E-state index contributed by atoms with van der Waals surface area (Å²) >= 11 is 0. The molecule has 1 aliphatic heterocycles. The van der Waals surface area contributed by atoms with Gasteiger partial charge in [0.2, 0.25) is 5.91 Å². The van der Waals surface area contributed by atoms with Gasteiger partial charge in [0.15, 0.2) is 11.6 Å². The average Bonchev–Trinajstić information content (AvgIpc) is 2.98. The Morgan fingerprint density at radius 2 is 2.03 bits per heavy atom.